The second kappa shape index (κ2) is 3.69. The van der Waals surface area contributed by atoms with Crippen molar-refractivity contribution in [2.75, 3.05) is 0 Å². The van der Waals surface area contributed by atoms with Crippen LogP contribution in [0.2, 0.25) is 0 Å². The highest BCUT2D eigenvalue weighted by atomic mass is 16.2. The Morgan fingerprint density at radius 1 is 1.06 bits per heavy atom. The first-order chi connectivity index (χ1) is 8.65. The van der Waals surface area contributed by atoms with Gasteiger partial charge in [-0.15, -0.1) is 0 Å². The Balaban J connectivity index is 2.34. The molecule has 0 aliphatic rings. The molecule has 3 N–H and O–H groups in total. The molecular weight excluding hydrogens is 232 g/mol. The first-order valence-corrected chi connectivity index (χ1v) is 5.43. The van der Waals surface area contributed by atoms with E-state index in [1.165, 1.54) is 0 Å². The van der Waals surface area contributed by atoms with E-state index in [9.17, 15) is 9.59 Å². The number of aromatic nitrogens is 4. The van der Waals surface area contributed by atoms with Crippen molar-refractivity contribution in [3.05, 3.63) is 50.7 Å². The predicted octanol–water partition coefficient (Wildman–Crippen LogP) is 0.915. The van der Waals surface area contributed by atoms with Gasteiger partial charge in [0.15, 0.2) is 5.65 Å². The number of H-pyrrole nitrogens is 3. The third kappa shape index (κ3) is 1.55. The van der Waals surface area contributed by atoms with Crippen molar-refractivity contribution in [1.29, 1.82) is 0 Å². The van der Waals surface area contributed by atoms with Crippen LogP contribution in [0.4, 0.5) is 0 Å². The van der Waals surface area contributed by atoms with Gasteiger partial charge >= 0.3 is 5.69 Å². The summed E-state index contributed by atoms with van der Waals surface area (Å²) in [4.78, 5) is 27.6. The second-order valence-corrected chi connectivity index (χ2v) is 4.10. The molecule has 0 saturated carbocycles. The van der Waals surface area contributed by atoms with Crippen molar-refractivity contribution in [3.63, 3.8) is 0 Å². The van der Waals surface area contributed by atoms with Gasteiger partial charge in [0.25, 0.3) is 5.56 Å². The zero-order valence-corrected chi connectivity index (χ0v) is 9.57. The van der Waals surface area contributed by atoms with Crippen LogP contribution in [0.15, 0.2) is 33.9 Å². The molecule has 0 saturated heterocycles. The lowest BCUT2D eigenvalue weighted by Crippen LogP contribution is -2.21. The van der Waals surface area contributed by atoms with E-state index in [-0.39, 0.29) is 5.65 Å². The van der Waals surface area contributed by atoms with Gasteiger partial charge in [0, 0.05) is 5.56 Å². The Hall–Kier alpha value is -2.63. The molecule has 1 aromatic carbocycles. The highest BCUT2D eigenvalue weighted by Crippen LogP contribution is 2.22. The van der Waals surface area contributed by atoms with Gasteiger partial charge in [0.2, 0.25) is 0 Å². The van der Waals surface area contributed by atoms with Crippen LogP contribution >= 0.6 is 0 Å². The van der Waals surface area contributed by atoms with E-state index < -0.39 is 11.2 Å². The monoisotopic (exact) mass is 242 g/mol. The summed E-state index contributed by atoms with van der Waals surface area (Å²) in [5.74, 6) is 0. The lowest BCUT2D eigenvalue weighted by atomic mass is 10.1. The van der Waals surface area contributed by atoms with E-state index in [2.05, 4.69) is 20.2 Å². The van der Waals surface area contributed by atoms with Crippen molar-refractivity contribution in [2.24, 2.45) is 0 Å². The Morgan fingerprint density at radius 3 is 2.50 bits per heavy atom. The number of aromatic amines is 3. The number of aryl methyl sites for hydroxylation is 1. The summed E-state index contributed by atoms with van der Waals surface area (Å²) < 4.78 is 0. The zero-order chi connectivity index (χ0) is 12.7. The number of hydrogen-bond donors (Lipinski definition) is 3. The van der Waals surface area contributed by atoms with Gasteiger partial charge in [0.1, 0.15) is 5.39 Å². The van der Waals surface area contributed by atoms with Crippen LogP contribution in [0.5, 0.6) is 0 Å². The Bertz CT molecular complexity index is 824. The van der Waals surface area contributed by atoms with Crippen molar-refractivity contribution >= 4 is 11.0 Å². The Kier molecular flexibility index (Phi) is 2.16. The van der Waals surface area contributed by atoms with Crippen molar-refractivity contribution in [3.8, 4) is 11.3 Å². The second-order valence-electron chi connectivity index (χ2n) is 4.10. The van der Waals surface area contributed by atoms with Gasteiger partial charge in [-0.2, -0.15) is 5.10 Å². The van der Waals surface area contributed by atoms with Crippen LogP contribution in [0.1, 0.15) is 5.56 Å². The fraction of sp³-hybridized carbons (Fsp3) is 0.0833. The Morgan fingerprint density at radius 2 is 1.78 bits per heavy atom. The molecule has 90 valence electrons. The van der Waals surface area contributed by atoms with Gasteiger partial charge in [-0.05, 0) is 6.92 Å². The summed E-state index contributed by atoms with van der Waals surface area (Å²) in [6.45, 7) is 1.99. The third-order valence-corrected chi connectivity index (χ3v) is 2.79. The fourth-order valence-electron chi connectivity index (χ4n) is 1.89. The molecular formula is C12H10N4O2. The molecule has 6 heteroatoms. The molecule has 3 aromatic rings. The van der Waals surface area contributed by atoms with Crippen LogP contribution in [0.25, 0.3) is 22.3 Å². The highest BCUT2D eigenvalue weighted by molar-refractivity contribution is 5.89. The predicted molar refractivity (Wildman–Crippen MR) is 67.5 cm³/mol. The number of nitrogens with zero attached hydrogens (tertiary/aromatic N) is 1. The molecule has 0 amide bonds. The maximum absolute atomic E-state index is 11.8. The van der Waals surface area contributed by atoms with Crippen LogP contribution in [0.3, 0.4) is 0 Å². The standard InChI is InChI=1S/C12H10N4O2/c1-6-2-4-7(5-3-6)9-8-10(16-15-9)13-12(18)14-11(8)17/h2-5H,1H3,(H3,13,14,15,16,17,18). The number of nitrogens with one attached hydrogen (secondary N) is 3. The van der Waals surface area contributed by atoms with E-state index in [0.717, 1.165) is 11.1 Å². The van der Waals surface area contributed by atoms with Crippen LogP contribution in [0, 0.1) is 6.92 Å². The van der Waals surface area contributed by atoms with Crippen LogP contribution in [-0.2, 0) is 0 Å². The van der Waals surface area contributed by atoms with E-state index >= 15 is 0 Å². The number of hydrogen-bond acceptors (Lipinski definition) is 3. The summed E-state index contributed by atoms with van der Waals surface area (Å²) in [7, 11) is 0. The SMILES string of the molecule is Cc1ccc(-c2[nH]nc3[nH]c(=O)[nH]c(=O)c23)cc1. The minimum atomic E-state index is -0.561. The topological polar surface area (TPSA) is 94.4 Å². The van der Waals surface area contributed by atoms with E-state index in [1.807, 2.05) is 31.2 Å². The molecule has 0 atom stereocenters. The molecule has 0 bridgehead atoms. The third-order valence-electron chi connectivity index (χ3n) is 2.79. The average molecular weight is 242 g/mol. The van der Waals surface area contributed by atoms with Gasteiger partial charge < -0.3 is 0 Å². The fourth-order valence-corrected chi connectivity index (χ4v) is 1.89. The molecule has 6 nitrogen and oxygen atoms in total. The number of benzene rings is 1. The zero-order valence-electron chi connectivity index (χ0n) is 9.57. The lowest BCUT2D eigenvalue weighted by Gasteiger charge is -1.98. The van der Waals surface area contributed by atoms with Gasteiger partial charge in [0.05, 0.1) is 5.69 Å². The maximum atomic E-state index is 11.8. The van der Waals surface area contributed by atoms with Gasteiger partial charge in [-0.3, -0.25) is 19.9 Å². The van der Waals surface area contributed by atoms with Gasteiger partial charge in [-0.25, -0.2) is 4.79 Å². The minimum Gasteiger partial charge on any atom is -0.290 e. The van der Waals surface area contributed by atoms with Crippen molar-refractivity contribution in [1.82, 2.24) is 20.2 Å². The molecule has 2 aromatic heterocycles. The molecule has 0 spiro atoms. The lowest BCUT2D eigenvalue weighted by molar-refractivity contribution is 1.05. The smallest absolute Gasteiger partial charge is 0.290 e. The molecule has 0 fully saturated rings. The molecule has 3 rings (SSSR count). The number of fused-ring (bicyclic) bond motifs is 1. The first kappa shape index (κ1) is 10.5. The first-order valence-electron chi connectivity index (χ1n) is 5.43. The summed E-state index contributed by atoms with van der Waals surface area (Å²) in [6.07, 6.45) is 0. The Labute approximate surface area is 101 Å². The minimum absolute atomic E-state index is 0.263. The molecule has 0 aliphatic heterocycles. The van der Waals surface area contributed by atoms with Gasteiger partial charge in [-0.1, -0.05) is 29.8 Å². The summed E-state index contributed by atoms with van der Waals surface area (Å²) >= 11 is 0. The summed E-state index contributed by atoms with van der Waals surface area (Å²) in [5.41, 5.74) is 1.83. The van der Waals surface area contributed by atoms with E-state index in [1.54, 1.807) is 0 Å². The normalized spacial score (nSPS) is 10.9. The molecule has 2 heterocycles. The summed E-state index contributed by atoms with van der Waals surface area (Å²) in [5, 5.41) is 7.08. The molecule has 0 aliphatic carbocycles. The largest absolute Gasteiger partial charge is 0.327 e. The van der Waals surface area contributed by atoms with E-state index in [0.29, 0.717) is 11.1 Å². The molecule has 0 unspecified atom stereocenters. The van der Waals surface area contributed by atoms with Crippen LogP contribution in [-0.4, -0.2) is 20.2 Å². The average Bonchev–Trinajstić information content (AvgIpc) is 2.74. The molecule has 18 heavy (non-hydrogen) atoms. The number of rotatable bonds is 1. The van der Waals surface area contributed by atoms with Crippen LogP contribution < -0.4 is 11.2 Å². The van der Waals surface area contributed by atoms with E-state index in [4.69, 9.17) is 0 Å². The van der Waals surface area contributed by atoms with Crippen molar-refractivity contribution < 1.29 is 0 Å². The maximum Gasteiger partial charge on any atom is 0.327 e. The quantitative estimate of drug-likeness (QED) is 0.592. The summed E-state index contributed by atoms with van der Waals surface area (Å²) in [6, 6.07) is 7.68. The highest BCUT2D eigenvalue weighted by Gasteiger charge is 2.12. The van der Waals surface area contributed by atoms with Crippen molar-refractivity contribution in [2.45, 2.75) is 6.92 Å². The molecule has 0 radical (unpaired) electrons.